The van der Waals surface area contributed by atoms with Gasteiger partial charge in [-0.25, -0.2) is 21.9 Å². The lowest BCUT2D eigenvalue weighted by atomic mass is 10.2. The molecule has 27 heavy (non-hydrogen) atoms. The Morgan fingerprint density at radius 3 is 2.48 bits per heavy atom. The van der Waals surface area contributed by atoms with Crippen molar-refractivity contribution in [2.45, 2.75) is 11.8 Å². The molecule has 0 saturated carbocycles. The quantitative estimate of drug-likeness (QED) is 0.797. The summed E-state index contributed by atoms with van der Waals surface area (Å²) in [5.41, 5.74) is -1.61. The van der Waals surface area contributed by atoms with E-state index < -0.39 is 43.8 Å². The zero-order valence-corrected chi connectivity index (χ0v) is 15.0. The highest BCUT2D eigenvalue weighted by Gasteiger charge is 2.33. The number of aromatic nitrogens is 1. The van der Waals surface area contributed by atoms with Crippen molar-refractivity contribution in [3.8, 4) is 12.1 Å². The largest absolute Gasteiger partial charge is 0.328 e. The molecule has 8 nitrogen and oxygen atoms in total. The van der Waals surface area contributed by atoms with Gasteiger partial charge in [-0.1, -0.05) is 6.92 Å². The summed E-state index contributed by atoms with van der Waals surface area (Å²) >= 11 is 0. The summed E-state index contributed by atoms with van der Waals surface area (Å²) in [4.78, 5) is 11.5. The highest BCUT2D eigenvalue weighted by molar-refractivity contribution is 7.89. The predicted octanol–water partition coefficient (Wildman–Crippen LogP) is 1.60. The van der Waals surface area contributed by atoms with Gasteiger partial charge in [0, 0.05) is 19.3 Å². The van der Waals surface area contributed by atoms with E-state index in [0.717, 1.165) is 29.8 Å². The number of hydrogen-bond acceptors (Lipinski definition) is 5. The normalized spacial score (nSPS) is 10.9. The van der Waals surface area contributed by atoms with Crippen molar-refractivity contribution < 1.29 is 22.0 Å². The number of amides is 1. The van der Waals surface area contributed by atoms with Gasteiger partial charge in [0.2, 0.25) is 10.0 Å². The van der Waals surface area contributed by atoms with Gasteiger partial charge in [0.25, 0.3) is 5.91 Å². The lowest BCUT2D eigenvalue weighted by Crippen LogP contribution is -2.24. The lowest BCUT2D eigenvalue weighted by Gasteiger charge is -2.07. The molecule has 0 bridgehead atoms. The van der Waals surface area contributed by atoms with E-state index in [9.17, 15) is 27.3 Å². The minimum absolute atomic E-state index is 0.00634. The molecule has 0 spiro atoms. The van der Waals surface area contributed by atoms with E-state index in [2.05, 4.69) is 10.0 Å². The third-order valence-electron chi connectivity index (χ3n) is 3.56. The standard InChI is InChI=1S/C16H13F2N5O3S/c1-3-21-27(25,26)15-12(8-20)23(2)14(13(15)18)16(24)22-10-4-5-11(17)9(6-10)7-19/h4-6,21H,3H2,1-2H3,(H,22,24). The number of benzene rings is 1. The van der Waals surface area contributed by atoms with E-state index in [1.54, 1.807) is 12.1 Å². The number of halogens is 2. The van der Waals surface area contributed by atoms with Crippen LogP contribution in [0.25, 0.3) is 0 Å². The Hall–Kier alpha value is -3.28. The number of anilines is 1. The van der Waals surface area contributed by atoms with Crippen LogP contribution in [0.4, 0.5) is 14.5 Å². The van der Waals surface area contributed by atoms with Crippen molar-refractivity contribution in [3.63, 3.8) is 0 Å². The van der Waals surface area contributed by atoms with E-state index in [1.165, 1.54) is 6.92 Å². The number of nitrogens with zero attached hydrogens (tertiary/aromatic N) is 3. The molecule has 0 radical (unpaired) electrons. The smallest absolute Gasteiger partial charge is 0.275 e. The number of sulfonamides is 1. The first-order valence-corrected chi connectivity index (χ1v) is 8.95. The van der Waals surface area contributed by atoms with Crippen molar-refractivity contribution in [2.24, 2.45) is 7.05 Å². The minimum Gasteiger partial charge on any atom is -0.328 e. The van der Waals surface area contributed by atoms with Gasteiger partial charge in [0.1, 0.15) is 29.3 Å². The molecule has 1 heterocycles. The van der Waals surface area contributed by atoms with Gasteiger partial charge in [-0.05, 0) is 18.2 Å². The number of hydrogen-bond donors (Lipinski definition) is 2. The third kappa shape index (κ3) is 3.65. The average molecular weight is 393 g/mol. The molecular weight excluding hydrogens is 380 g/mol. The van der Waals surface area contributed by atoms with Gasteiger partial charge in [-0.3, -0.25) is 4.79 Å². The molecule has 0 aliphatic carbocycles. The number of nitrogens with one attached hydrogen (secondary N) is 2. The second kappa shape index (κ2) is 7.53. The summed E-state index contributed by atoms with van der Waals surface area (Å²) in [6.45, 7) is 1.43. The summed E-state index contributed by atoms with van der Waals surface area (Å²) in [6.07, 6.45) is 0. The molecule has 2 N–H and O–H groups in total. The average Bonchev–Trinajstić information content (AvgIpc) is 2.87. The summed E-state index contributed by atoms with van der Waals surface area (Å²) in [6, 6.07) is 6.28. The van der Waals surface area contributed by atoms with Gasteiger partial charge < -0.3 is 9.88 Å². The van der Waals surface area contributed by atoms with Gasteiger partial charge in [-0.2, -0.15) is 10.5 Å². The molecule has 0 fully saturated rings. The summed E-state index contributed by atoms with van der Waals surface area (Å²) in [5.74, 6) is -3.26. The molecule has 1 amide bonds. The van der Waals surface area contributed by atoms with Crippen LogP contribution in [-0.4, -0.2) is 25.4 Å². The molecule has 2 rings (SSSR count). The Labute approximate surface area is 153 Å². The lowest BCUT2D eigenvalue weighted by molar-refractivity contribution is 0.101. The molecule has 11 heteroatoms. The Balaban J connectivity index is 2.54. The SMILES string of the molecule is CCNS(=O)(=O)c1c(F)c(C(=O)Nc2ccc(F)c(C#N)c2)n(C)c1C#N. The van der Waals surface area contributed by atoms with Crippen LogP contribution in [0.1, 0.15) is 28.7 Å². The van der Waals surface area contributed by atoms with E-state index in [-0.39, 0.29) is 17.8 Å². The maximum atomic E-state index is 14.8. The van der Waals surface area contributed by atoms with Crippen molar-refractivity contribution in [1.29, 1.82) is 10.5 Å². The fourth-order valence-electron chi connectivity index (χ4n) is 2.39. The van der Waals surface area contributed by atoms with Crippen molar-refractivity contribution in [3.05, 3.63) is 46.8 Å². The van der Waals surface area contributed by atoms with E-state index in [1.807, 2.05) is 0 Å². The molecule has 1 aromatic carbocycles. The van der Waals surface area contributed by atoms with Crippen LogP contribution >= 0.6 is 0 Å². The zero-order valence-electron chi connectivity index (χ0n) is 14.2. The summed E-state index contributed by atoms with van der Waals surface area (Å²) < 4.78 is 55.3. The van der Waals surface area contributed by atoms with Crippen LogP contribution < -0.4 is 10.0 Å². The molecule has 0 unspecified atom stereocenters. The van der Waals surface area contributed by atoms with Crippen LogP contribution in [0.15, 0.2) is 23.1 Å². The maximum absolute atomic E-state index is 14.8. The number of carbonyl (C=O) groups is 1. The summed E-state index contributed by atoms with van der Waals surface area (Å²) in [5, 5.41) is 20.3. The third-order valence-corrected chi connectivity index (χ3v) is 5.14. The van der Waals surface area contributed by atoms with E-state index in [0.29, 0.717) is 0 Å². The molecule has 0 saturated heterocycles. The Morgan fingerprint density at radius 2 is 1.93 bits per heavy atom. The zero-order chi connectivity index (χ0) is 20.4. The second-order valence-corrected chi connectivity index (χ2v) is 6.98. The number of carbonyl (C=O) groups excluding carboxylic acids is 1. The minimum atomic E-state index is -4.35. The van der Waals surface area contributed by atoms with Gasteiger partial charge in [0.05, 0.1) is 5.56 Å². The van der Waals surface area contributed by atoms with Crippen LogP contribution in [0.2, 0.25) is 0 Å². The fraction of sp³-hybridized carbons (Fsp3) is 0.188. The van der Waals surface area contributed by atoms with Crippen molar-refractivity contribution in [2.75, 3.05) is 11.9 Å². The topological polar surface area (TPSA) is 128 Å². The predicted molar refractivity (Wildman–Crippen MR) is 90.0 cm³/mol. The number of nitriles is 2. The van der Waals surface area contributed by atoms with E-state index >= 15 is 0 Å². The highest BCUT2D eigenvalue weighted by atomic mass is 32.2. The molecule has 2 aromatic rings. The van der Waals surface area contributed by atoms with Crippen LogP contribution in [0, 0.1) is 34.3 Å². The van der Waals surface area contributed by atoms with Gasteiger partial charge >= 0.3 is 0 Å². The van der Waals surface area contributed by atoms with Gasteiger partial charge in [-0.15, -0.1) is 0 Å². The monoisotopic (exact) mass is 393 g/mol. The van der Waals surface area contributed by atoms with Crippen molar-refractivity contribution >= 4 is 21.6 Å². The first kappa shape index (κ1) is 20.0. The number of rotatable bonds is 5. The highest BCUT2D eigenvalue weighted by Crippen LogP contribution is 2.26. The van der Waals surface area contributed by atoms with E-state index in [4.69, 9.17) is 5.26 Å². The molecule has 0 atom stereocenters. The first-order valence-electron chi connectivity index (χ1n) is 7.46. The van der Waals surface area contributed by atoms with Crippen molar-refractivity contribution in [1.82, 2.24) is 9.29 Å². The Kier molecular flexibility index (Phi) is 5.59. The van der Waals surface area contributed by atoms with Crippen LogP contribution in [0.3, 0.4) is 0 Å². The fourth-order valence-corrected chi connectivity index (χ4v) is 3.68. The Bertz CT molecular complexity index is 1110. The van der Waals surface area contributed by atoms with Crippen LogP contribution in [0.5, 0.6) is 0 Å². The molecule has 140 valence electrons. The molecule has 0 aliphatic rings. The van der Waals surface area contributed by atoms with Crippen LogP contribution in [-0.2, 0) is 17.1 Å². The molecule has 0 aliphatic heterocycles. The molecule has 1 aromatic heterocycles. The van der Waals surface area contributed by atoms with Gasteiger partial charge in [0.15, 0.2) is 10.7 Å². The summed E-state index contributed by atoms with van der Waals surface area (Å²) in [7, 11) is -3.19. The first-order chi connectivity index (χ1) is 12.7. The second-order valence-electron chi connectivity index (χ2n) is 5.27. The molecular formula is C16H13F2N5O3S. The maximum Gasteiger partial charge on any atom is 0.275 e. The Morgan fingerprint density at radius 1 is 1.26 bits per heavy atom.